The Hall–Kier alpha value is -2.69. The van der Waals surface area contributed by atoms with Crippen LogP contribution in [-0.2, 0) is 29.0 Å². The molecular weight excluding hydrogens is 304 g/mol. The van der Waals surface area contributed by atoms with E-state index in [0.717, 1.165) is 29.7 Å². The first kappa shape index (κ1) is 14.9. The van der Waals surface area contributed by atoms with Crippen molar-refractivity contribution < 1.29 is 14.3 Å². The highest BCUT2D eigenvalue weighted by atomic mass is 16.5. The molecule has 0 bridgehead atoms. The van der Waals surface area contributed by atoms with Crippen molar-refractivity contribution in [1.29, 1.82) is 0 Å². The monoisotopic (exact) mass is 322 g/mol. The molecule has 1 aliphatic heterocycles. The van der Waals surface area contributed by atoms with Gasteiger partial charge in [0, 0.05) is 18.3 Å². The van der Waals surface area contributed by atoms with Gasteiger partial charge >= 0.3 is 5.97 Å². The van der Waals surface area contributed by atoms with Crippen LogP contribution in [-0.4, -0.2) is 28.9 Å². The lowest BCUT2D eigenvalue weighted by molar-refractivity contribution is -0.133. The van der Waals surface area contributed by atoms with Crippen LogP contribution in [0.3, 0.4) is 0 Å². The molecule has 1 aromatic heterocycles. The van der Waals surface area contributed by atoms with Crippen molar-refractivity contribution in [2.75, 3.05) is 7.11 Å². The van der Waals surface area contributed by atoms with Gasteiger partial charge in [0.15, 0.2) is 0 Å². The summed E-state index contributed by atoms with van der Waals surface area (Å²) < 4.78 is 4.83. The Labute approximate surface area is 140 Å². The number of amides is 1. The van der Waals surface area contributed by atoms with Crippen LogP contribution in [0.2, 0.25) is 0 Å². The third-order valence-corrected chi connectivity index (χ3v) is 4.98. The van der Waals surface area contributed by atoms with Gasteiger partial charge in [-0.3, -0.25) is 9.78 Å². The minimum absolute atomic E-state index is 0.0860. The number of benzene rings is 1. The summed E-state index contributed by atoms with van der Waals surface area (Å²) in [5.74, 6) is -0.347. The molecular formula is C19H18N2O3. The molecule has 2 heterocycles. The fourth-order valence-electron chi connectivity index (χ4n) is 3.77. The average molecular weight is 322 g/mol. The largest absolute Gasteiger partial charge is 0.465 e. The fourth-order valence-corrected chi connectivity index (χ4v) is 3.77. The van der Waals surface area contributed by atoms with Gasteiger partial charge in [0.25, 0.3) is 0 Å². The van der Waals surface area contributed by atoms with Crippen molar-refractivity contribution in [3.8, 4) is 0 Å². The first-order valence-electron chi connectivity index (χ1n) is 8.10. The van der Waals surface area contributed by atoms with E-state index >= 15 is 0 Å². The van der Waals surface area contributed by atoms with E-state index in [0.29, 0.717) is 18.7 Å². The maximum absolute atomic E-state index is 13.0. The van der Waals surface area contributed by atoms with Crippen molar-refractivity contribution in [1.82, 2.24) is 9.88 Å². The maximum atomic E-state index is 13.0. The van der Waals surface area contributed by atoms with Crippen molar-refractivity contribution in [3.63, 3.8) is 0 Å². The third-order valence-electron chi connectivity index (χ3n) is 4.98. The number of rotatable bonds is 2. The molecule has 1 amide bonds. The number of nitrogens with zero attached hydrogens (tertiary/aromatic N) is 2. The quantitative estimate of drug-likeness (QED) is 0.797. The van der Waals surface area contributed by atoms with Crippen molar-refractivity contribution in [2.45, 2.75) is 31.8 Å². The standard InChI is InChI=1S/C19H18N2O3/c1-24-19(23)15-8-9-20-17-11-21(10-16(15)17)18(22)14-7-6-12-4-2-3-5-13(12)14/h2-5,8-9,14H,6-7,10-11H2,1H3. The predicted octanol–water partition coefficient (Wildman–Crippen LogP) is 2.44. The highest BCUT2D eigenvalue weighted by Gasteiger charge is 2.35. The smallest absolute Gasteiger partial charge is 0.338 e. The maximum Gasteiger partial charge on any atom is 0.338 e. The number of pyridine rings is 1. The zero-order valence-electron chi connectivity index (χ0n) is 13.5. The molecule has 1 atom stereocenters. The van der Waals surface area contributed by atoms with E-state index in [2.05, 4.69) is 11.1 Å². The van der Waals surface area contributed by atoms with E-state index < -0.39 is 0 Å². The van der Waals surface area contributed by atoms with E-state index in [-0.39, 0.29) is 17.8 Å². The molecule has 0 spiro atoms. The van der Waals surface area contributed by atoms with Crippen molar-refractivity contribution in [3.05, 3.63) is 64.5 Å². The van der Waals surface area contributed by atoms with Crippen LogP contribution >= 0.6 is 0 Å². The minimum atomic E-state index is -0.380. The number of esters is 1. The van der Waals surface area contributed by atoms with Gasteiger partial charge in [-0.1, -0.05) is 24.3 Å². The SMILES string of the molecule is COC(=O)c1ccnc2c1CN(C(=O)C1CCc3ccccc31)C2. The second-order valence-corrected chi connectivity index (χ2v) is 6.26. The summed E-state index contributed by atoms with van der Waals surface area (Å²) in [6, 6.07) is 9.80. The molecule has 24 heavy (non-hydrogen) atoms. The Bertz CT molecular complexity index is 831. The van der Waals surface area contributed by atoms with E-state index in [9.17, 15) is 9.59 Å². The molecule has 5 nitrogen and oxygen atoms in total. The number of carbonyl (C=O) groups excluding carboxylic acids is 2. The van der Waals surface area contributed by atoms with Crippen LogP contribution in [0.5, 0.6) is 0 Å². The summed E-state index contributed by atoms with van der Waals surface area (Å²) in [4.78, 5) is 31.1. The van der Waals surface area contributed by atoms with Crippen LogP contribution in [0.1, 0.15) is 45.1 Å². The molecule has 2 aliphatic rings. The molecule has 0 saturated carbocycles. The van der Waals surface area contributed by atoms with E-state index in [1.54, 1.807) is 17.2 Å². The number of fused-ring (bicyclic) bond motifs is 2. The summed E-state index contributed by atoms with van der Waals surface area (Å²) in [5.41, 5.74) is 4.51. The molecule has 4 rings (SSSR count). The van der Waals surface area contributed by atoms with Crippen LogP contribution in [0.25, 0.3) is 0 Å². The minimum Gasteiger partial charge on any atom is -0.465 e. The van der Waals surface area contributed by atoms with Gasteiger partial charge in [-0.15, -0.1) is 0 Å². The Morgan fingerprint density at radius 3 is 2.88 bits per heavy atom. The Kier molecular flexibility index (Phi) is 3.56. The van der Waals surface area contributed by atoms with Gasteiger partial charge in [0.2, 0.25) is 5.91 Å². The molecule has 1 aliphatic carbocycles. The van der Waals surface area contributed by atoms with E-state index in [4.69, 9.17) is 4.74 Å². The van der Waals surface area contributed by atoms with E-state index in [1.807, 2.05) is 18.2 Å². The topological polar surface area (TPSA) is 59.5 Å². The van der Waals surface area contributed by atoms with Crippen LogP contribution in [0.4, 0.5) is 0 Å². The number of ether oxygens (including phenoxy) is 1. The van der Waals surface area contributed by atoms with Crippen LogP contribution in [0, 0.1) is 0 Å². The number of carbonyl (C=O) groups is 2. The molecule has 0 radical (unpaired) electrons. The average Bonchev–Trinajstić information content (AvgIpc) is 3.24. The lowest BCUT2D eigenvalue weighted by Crippen LogP contribution is -2.30. The first-order valence-corrected chi connectivity index (χ1v) is 8.10. The fraction of sp³-hybridized carbons (Fsp3) is 0.316. The normalized spacial score (nSPS) is 18.2. The summed E-state index contributed by atoms with van der Waals surface area (Å²) >= 11 is 0. The number of aromatic nitrogens is 1. The Balaban J connectivity index is 1.60. The molecule has 0 fully saturated rings. The second kappa shape index (κ2) is 5.74. The van der Waals surface area contributed by atoms with E-state index in [1.165, 1.54) is 12.7 Å². The van der Waals surface area contributed by atoms with Crippen LogP contribution in [0.15, 0.2) is 36.5 Å². The number of aryl methyl sites for hydroxylation is 1. The summed E-state index contributed by atoms with van der Waals surface area (Å²) in [5, 5.41) is 0. The zero-order chi connectivity index (χ0) is 16.7. The molecule has 5 heteroatoms. The summed E-state index contributed by atoms with van der Waals surface area (Å²) in [6.07, 6.45) is 3.39. The molecule has 1 aromatic carbocycles. The Morgan fingerprint density at radius 1 is 1.21 bits per heavy atom. The summed E-state index contributed by atoms with van der Waals surface area (Å²) in [7, 11) is 1.36. The molecule has 0 N–H and O–H groups in total. The van der Waals surface area contributed by atoms with Gasteiger partial charge < -0.3 is 9.64 Å². The third kappa shape index (κ3) is 2.28. The van der Waals surface area contributed by atoms with Crippen LogP contribution < -0.4 is 0 Å². The Morgan fingerprint density at radius 2 is 2.04 bits per heavy atom. The van der Waals surface area contributed by atoms with Gasteiger partial charge in [-0.05, 0) is 30.0 Å². The number of methoxy groups -OCH3 is 1. The van der Waals surface area contributed by atoms with Gasteiger partial charge in [-0.2, -0.15) is 0 Å². The lowest BCUT2D eigenvalue weighted by Gasteiger charge is -2.20. The molecule has 1 unspecified atom stereocenters. The zero-order valence-corrected chi connectivity index (χ0v) is 13.5. The molecule has 0 saturated heterocycles. The highest BCUT2D eigenvalue weighted by Crippen LogP contribution is 2.36. The molecule has 2 aromatic rings. The van der Waals surface area contributed by atoms with Gasteiger partial charge in [-0.25, -0.2) is 4.79 Å². The van der Waals surface area contributed by atoms with Crippen molar-refractivity contribution >= 4 is 11.9 Å². The predicted molar refractivity (Wildman–Crippen MR) is 87.3 cm³/mol. The number of hydrogen-bond acceptors (Lipinski definition) is 4. The van der Waals surface area contributed by atoms with Gasteiger partial charge in [0.1, 0.15) is 0 Å². The molecule has 122 valence electrons. The highest BCUT2D eigenvalue weighted by molar-refractivity contribution is 5.92. The van der Waals surface area contributed by atoms with Crippen molar-refractivity contribution in [2.24, 2.45) is 0 Å². The lowest BCUT2D eigenvalue weighted by atomic mass is 10.00. The first-order chi connectivity index (χ1) is 11.7. The van der Waals surface area contributed by atoms with Gasteiger partial charge in [0.05, 0.1) is 30.8 Å². The number of hydrogen-bond donors (Lipinski definition) is 0. The summed E-state index contributed by atoms with van der Waals surface area (Å²) in [6.45, 7) is 0.878. The second-order valence-electron chi connectivity index (χ2n) is 6.26.